The van der Waals surface area contributed by atoms with Gasteiger partial charge in [0.25, 0.3) is 0 Å². The van der Waals surface area contributed by atoms with Crippen LogP contribution < -0.4 is 0 Å². The van der Waals surface area contributed by atoms with Gasteiger partial charge in [-0.2, -0.15) is 0 Å². The monoisotopic (exact) mass is 206 g/mol. The average molecular weight is 206 g/mol. The van der Waals surface area contributed by atoms with E-state index >= 15 is 0 Å². The molecule has 0 aromatic heterocycles. The van der Waals surface area contributed by atoms with E-state index in [2.05, 4.69) is 11.8 Å². The molecule has 0 bridgehead atoms. The van der Waals surface area contributed by atoms with Gasteiger partial charge in [0, 0.05) is 12.8 Å². The molecule has 1 rings (SSSR count). The van der Waals surface area contributed by atoms with Gasteiger partial charge >= 0.3 is 0 Å². The standard InChI is InChI=1S/C14H22O/c15-14-12-10-8-6-4-2-1-3-5-7-9-11-13-14/h1-10,12H2. The van der Waals surface area contributed by atoms with Crippen LogP contribution in [0.4, 0.5) is 0 Å². The van der Waals surface area contributed by atoms with Crippen molar-refractivity contribution in [3.05, 3.63) is 0 Å². The summed E-state index contributed by atoms with van der Waals surface area (Å²) in [6.45, 7) is 0. The smallest absolute Gasteiger partial charge is 0.205 e. The largest absolute Gasteiger partial charge is 0.285 e. The molecule has 0 fully saturated rings. The van der Waals surface area contributed by atoms with Crippen molar-refractivity contribution in [2.24, 2.45) is 0 Å². The minimum atomic E-state index is 0.145. The Labute approximate surface area is 93.6 Å². The fourth-order valence-corrected chi connectivity index (χ4v) is 1.96. The van der Waals surface area contributed by atoms with Gasteiger partial charge < -0.3 is 0 Å². The van der Waals surface area contributed by atoms with Crippen LogP contribution in [0.25, 0.3) is 0 Å². The van der Waals surface area contributed by atoms with Crippen molar-refractivity contribution in [2.45, 2.75) is 70.6 Å². The third kappa shape index (κ3) is 7.19. The topological polar surface area (TPSA) is 17.1 Å². The Morgan fingerprint density at radius 1 is 0.733 bits per heavy atom. The lowest BCUT2D eigenvalue weighted by atomic mass is 10.0. The fraction of sp³-hybridized carbons (Fsp3) is 0.786. The van der Waals surface area contributed by atoms with Crippen LogP contribution in [0.15, 0.2) is 0 Å². The first-order valence-corrected chi connectivity index (χ1v) is 6.41. The third-order valence-electron chi connectivity index (χ3n) is 2.93. The summed E-state index contributed by atoms with van der Waals surface area (Å²) in [5.74, 6) is 5.88. The van der Waals surface area contributed by atoms with Crippen LogP contribution in [0.5, 0.6) is 0 Å². The second-order valence-electron chi connectivity index (χ2n) is 4.41. The van der Waals surface area contributed by atoms with Crippen LogP contribution in [0.3, 0.4) is 0 Å². The highest BCUT2D eigenvalue weighted by Crippen LogP contribution is 2.11. The van der Waals surface area contributed by atoms with Gasteiger partial charge in [0.2, 0.25) is 5.78 Å². The van der Waals surface area contributed by atoms with Gasteiger partial charge in [-0.05, 0) is 18.8 Å². The van der Waals surface area contributed by atoms with E-state index in [9.17, 15) is 4.79 Å². The Hall–Kier alpha value is -0.770. The summed E-state index contributed by atoms with van der Waals surface area (Å²) in [7, 11) is 0. The first-order valence-electron chi connectivity index (χ1n) is 6.41. The first-order chi connectivity index (χ1) is 7.39. The number of carbonyl (C=O) groups is 1. The average Bonchev–Trinajstić information content (AvgIpc) is 2.24. The van der Waals surface area contributed by atoms with Gasteiger partial charge in [0.15, 0.2) is 0 Å². The molecule has 0 N–H and O–H groups in total. The van der Waals surface area contributed by atoms with Crippen LogP contribution in [-0.2, 0) is 4.79 Å². The van der Waals surface area contributed by atoms with Gasteiger partial charge in [-0.3, -0.25) is 4.79 Å². The molecule has 0 amide bonds. The summed E-state index contributed by atoms with van der Waals surface area (Å²) < 4.78 is 0. The molecule has 0 saturated heterocycles. The molecule has 84 valence electrons. The Morgan fingerprint density at radius 3 is 1.93 bits per heavy atom. The van der Waals surface area contributed by atoms with Crippen molar-refractivity contribution in [3.63, 3.8) is 0 Å². The van der Waals surface area contributed by atoms with E-state index in [-0.39, 0.29) is 5.78 Å². The van der Waals surface area contributed by atoms with E-state index in [0.717, 1.165) is 12.8 Å². The number of ketones is 1. The highest BCUT2D eigenvalue weighted by molar-refractivity contribution is 5.95. The molecule has 0 saturated carbocycles. The third-order valence-corrected chi connectivity index (χ3v) is 2.93. The number of hydrogen-bond acceptors (Lipinski definition) is 1. The minimum absolute atomic E-state index is 0.145. The number of carbonyl (C=O) groups excluding carboxylic acids is 1. The molecule has 0 radical (unpaired) electrons. The molecule has 1 heteroatoms. The van der Waals surface area contributed by atoms with E-state index in [4.69, 9.17) is 0 Å². The van der Waals surface area contributed by atoms with Crippen LogP contribution >= 0.6 is 0 Å². The van der Waals surface area contributed by atoms with E-state index in [1.807, 2.05) is 0 Å². The lowest BCUT2D eigenvalue weighted by Crippen LogP contribution is -1.93. The SMILES string of the molecule is O=C1C#CCCCCCCCCCCC1. The van der Waals surface area contributed by atoms with E-state index in [0.29, 0.717) is 6.42 Å². The van der Waals surface area contributed by atoms with Crippen LogP contribution in [0, 0.1) is 11.8 Å². The highest BCUT2D eigenvalue weighted by Gasteiger charge is 1.98. The van der Waals surface area contributed by atoms with Gasteiger partial charge in [0.1, 0.15) is 0 Å². The Morgan fingerprint density at radius 2 is 1.27 bits per heavy atom. The summed E-state index contributed by atoms with van der Waals surface area (Å²) >= 11 is 0. The lowest BCUT2D eigenvalue weighted by molar-refractivity contribution is -0.113. The zero-order valence-corrected chi connectivity index (χ0v) is 9.69. The van der Waals surface area contributed by atoms with Crippen molar-refractivity contribution >= 4 is 5.78 Å². The van der Waals surface area contributed by atoms with Crippen molar-refractivity contribution in [2.75, 3.05) is 0 Å². The molecule has 0 aromatic carbocycles. The molecule has 0 aromatic rings. The number of hydrogen-bond donors (Lipinski definition) is 0. The second kappa shape index (κ2) is 8.53. The predicted octanol–water partition coefficient (Wildman–Crippen LogP) is 3.86. The maximum atomic E-state index is 11.3. The molecule has 15 heavy (non-hydrogen) atoms. The zero-order valence-electron chi connectivity index (χ0n) is 9.69. The van der Waals surface area contributed by atoms with Crippen molar-refractivity contribution in [3.8, 4) is 11.8 Å². The molecule has 0 aliphatic heterocycles. The predicted molar refractivity (Wildman–Crippen MR) is 63.6 cm³/mol. The molecule has 0 spiro atoms. The van der Waals surface area contributed by atoms with Crippen LogP contribution in [0.2, 0.25) is 0 Å². The summed E-state index contributed by atoms with van der Waals surface area (Å²) in [5, 5.41) is 0. The van der Waals surface area contributed by atoms with E-state index < -0.39 is 0 Å². The van der Waals surface area contributed by atoms with Gasteiger partial charge in [-0.25, -0.2) is 0 Å². The molecular weight excluding hydrogens is 184 g/mol. The van der Waals surface area contributed by atoms with E-state index in [1.165, 1.54) is 51.4 Å². The Balaban J connectivity index is 2.26. The molecule has 0 atom stereocenters. The first kappa shape index (κ1) is 12.3. The van der Waals surface area contributed by atoms with Crippen LogP contribution in [0.1, 0.15) is 70.6 Å². The van der Waals surface area contributed by atoms with Crippen molar-refractivity contribution < 1.29 is 4.79 Å². The molecule has 1 aliphatic carbocycles. The zero-order chi connectivity index (χ0) is 10.8. The second-order valence-corrected chi connectivity index (χ2v) is 4.41. The quantitative estimate of drug-likeness (QED) is 0.434. The number of rotatable bonds is 0. The molecule has 0 heterocycles. The van der Waals surface area contributed by atoms with Crippen molar-refractivity contribution in [1.82, 2.24) is 0 Å². The molecule has 0 unspecified atom stereocenters. The fourth-order valence-electron chi connectivity index (χ4n) is 1.96. The molecule has 1 nitrogen and oxygen atoms in total. The Kier molecular flexibility index (Phi) is 7.00. The van der Waals surface area contributed by atoms with E-state index in [1.54, 1.807) is 0 Å². The maximum Gasteiger partial charge on any atom is 0.205 e. The maximum absolute atomic E-state index is 11.3. The minimum Gasteiger partial charge on any atom is -0.285 e. The lowest BCUT2D eigenvalue weighted by Gasteiger charge is -2.01. The Bertz CT molecular complexity index is 231. The molecule has 1 aliphatic rings. The van der Waals surface area contributed by atoms with Gasteiger partial charge in [0.05, 0.1) is 0 Å². The summed E-state index contributed by atoms with van der Waals surface area (Å²) in [6.07, 6.45) is 13.0. The van der Waals surface area contributed by atoms with Gasteiger partial charge in [-0.1, -0.05) is 50.9 Å². The summed E-state index contributed by atoms with van der Waals surface area (Å²) in [6, 6.07) is 0. The van der Waals surface area contributed by atoms with Crippen molar-refractivity contribution in [1.29, 1.82) is 0 Å². The number of Topliss-reactive ketones (excluding diaryl/α,β-unsaturated/α-hetero) is 1. The molecular formula is C14H22O. The summed E-state index contributed by atoms with van der Waals surface area (Å²) in [5.41, 5.74) is 0. The normalized spacial score (nSPS) is 21.2. The highest BCUT2D eigenvalue weighted by atomic mass is 16.1. The van der Waals surface area contributed by atoms with Crippen LogP contribution in [-0.4, -0.2) is 5.78 Å². The van der Waals surface area contributed by atoms with Gasteiger partial charge in [-0.15, -0.1) is 0 Å². The summed E-state index contributed by atoms with van der Waals surface area (Å²) in [4.78, 5) is 11.3.